The molecule has 0 aromatic heterocycles. The Bertz CT molecular complexity index is 254. The average Bonchev–Trinajstić information content (AvgIpc) is 2.05. The molecule has 1 aromatic carbocycles. The molecular formula is C9H9O3. The Hall–Kier alpha value is -1.35. The fraction of sp³-hybridized carbons (Fsp3) is 0.222. The summed E-state index contributed by atoms with van der Waals surface area (Å²) in [6, 6.07) is 9.14. The zero-order valence-electron chi connectivity index (χ0n) is 6.65. The summed E-state index contributed by atoms with van der Waals surface area (Å²) in [5.74, 6) is -0.529. The number of aliphatic hydroxyl groups is 1. The van der Waals surface area contributed by atoms with Crippen molar-refractivity contribution < 1.29 is 14.6 Å². The van der Waals surface area contributed by atoms with E-state index in [4.69, 9.17) is 5.11 Å². The number of aliphatic hydroxyl groups excluding tert-OH is 1. The van der Waals surface area contributed by atoms with Gasteiger partial charge in [-0.25, -0.2) is 4.79 Å². The molecule has 0 saturated heterocycles. The van der Waals surface area contributed by atoms with Crippen LogP contribution in [0.5, 0.6) is 0 Å². The van der Waals surface area contributed by atoms with E-state index < -0.39 is 12.3 Å². The molecular weight excluding hydrogens is 156 g/mol. The predicted molar refractivity (Wildman–Crippen MR) is 42.4 cm³/mol. The first-order chi connectivity index (χ1) is 5.70. The smallest absolute Gasteiger partial charge is 0.340 e. The monoisotopic (exact) mass is 165 g/mol. The third-order valence-corrected chi connectivity index (χ3v) is 1.23. The Labute approximate surface area is 70.6 Å². The highest BCUT2D eigenvalue weighted by molar-refractivity contribution is 5.89. The lowest BCUT2D eigenvalue weighted by Gasteiger charge is -2.05. The molecule has 0 fully saturated rings. The first-order valence-corrected chi connectivity index (χ1v) is 3.55. The van der Waals surface area contributed by atoms with E-state index in [-0.39, 0.29) is 0 Å². The van der Waals surface area contributed by atoms with Crippen LogP contribution < -0.4 is 0 Å². The number of carbonyl (C=O) groups excluding carboxylic acids is 1. The number of ether oxygens (including phenoxy) is 1. The number of carbonyl (C=O) groups is 1. The maximum Gasteiger partial charge on any atom is 0.340 e. The summed E-state index contributed by atoms with van der Waals surface area (Å²) in [5, 5.41) is 8.73. The average molecular weight is 165 g/mol. The quantitative estimate of drug-likeness (QED) is 0.525. The van der Waals surface area contributed by atoms with Crippen molar-refractivity contribution in [2.75, 3.05) is 0 Å². The zero-order chi connectivity index (χ0) is 8.97. The van der Waals surface area contributed by atoms with Gasteiger partial charge >= 0.3 is 5.97 Å². The Morgan fingerprint density at radius 3 is 2.67 bits per heavy atom. The van der Waals surface area contributed by atoms with Gasteiger partial charge in [0.25, 0.3) is 0 Å². The van der Waals surface area contributed by atoms with Crippen LogP contribution >= 0.6 is 0 Å². The minimum absolute atomic E-state index is 0.412. The second kappa shape index (κ2) is 3.88. The van der Waals surface area contributed by atoms with Gasteiger partial charge in [0.05, 0.1) is 5.56 Å². The van der Waals surface area contributed by atoms with Crippen LogP contribution in [-0.4, -0.2) is 17.4 Å². The van der Waals surface area contributed by atoms with Gasteiger partial charge in [-0.3, -0.25) is 0 Å². The van der Waals surface area contributed by atoms with Crippen molar-refractivity contribution in [1.29, 1.82) is 0 Å². The highest BCUT2D eigenvalue weighted by Gasteiger charge is 2.07. The molecule has 0 heterocycles. The van der Waals surface area contributed by atoms with E-state index in [1.165, 1.54) is 6.92 Å². The third-order valence-electron chi connectivity index (χ3n) is 1.23. The maximum atomic E-state index is 11.1. The lowest BCUT2D eigenvalue weighted by Crippen LogP contribution is -2.13. The van der Waals surface area contributed by atoms with Crippen LogP contribution in [0.1, 0.15) is 17.3 Å². The lowest BCUT2D eigenvalue weighted by molar-refractivity contribution is -0.0523. The molecule has 1 radical (unpaired) electrons. The maximum absolute atomic E-state index is 11.1. The highest BCUT2D eigenvalue weighted by Crippen LogP contribution is 2.01. The van der Waals surface area contributed by atoms with Gasteiger partial charge in [-0.1, -0.05) is 12.1 Å². The van der Waals surface area contributed by atoms with E-state index in [1.807, 2.05) is 0 Å². The van der Waals surface area contributed by atoms with Crippen LogP contribution in [-0.2, 0) is 4.74 Å². The van der Waals surface area contributed by atoms with E-state index in [9.17, 15) is 4.79 Å². The van der Waals surface area contributed by atoms with Gasteiger partial charge in [-0.15, -0.1) is 0 Å². The molecule has 0 amide bonds. The van der Waals surface area contributed by atoms with E-state index >= 15 is 0 Å². The zero-order valence-corrected chi connectivity index (χ0v) is 6.65. The van der Waals surface area contributed by atoms with Crippen LogP contribution in [0.3, 0.4) is 0 Å². The fourth-order valence-electron chi connectivity index (χ4n) is 0.746. The standard InChI is InChI=1S/C9H9O3/c1-7(10)12-9(11)8-5-3-2-4-6-8/h3-7,10H,1H3. The van der Waals surface area contributed by atoms with Gasteiger partial charge in [-0.2, -0.15) is 0 Å². The Balaban J connectivity index is 2.66. The van der Waals surface area contributed by atoms with Crippen molar-refractivity contribution in [3.63, 3.8) is 0 Å². The van der Waals surface area contributed by atoms with Crippen molar-refractivity contribution in [1.82, 2.24) is 0 Å². The van der Waals surface area contributed by atoms with Crippen LogP contribution in [0.15, 0.2) is 24.3 Å². The molecule has 1 aromatic rings. The Morgan fingerprint density at radius 1 is 1.58 bits per heavy atom. The van der Waals surface area contributed by atoms with Gasteiger partial charge in [0, 0.05) is 0 Å². The molecule has 63 valence electrons. The molecule has 12 heavy (non-hydrogen) atoms. The van der Waals surface area contributed by atoms with Gasteiger partial charge in [0.2, 0.25) is 0 Å². The molecule has 0 spiro atoms. The van der Waals surface area contributed by atoms with Crippen molar-refractivity contribution in [2.45, 2.75) is 13.2 Å². The van der Waals surface area contributed by atoms with Crippen LogP contribution in [0, 0.1) is 6.07 Å². The van der Waals surface area contributed by atoms with Crippen molar-refractivity contribution in [2.24, 2.45) is 0 Å². The van der Waals surface area contributed by atoms with E-state index in [2.05, 4.69) is 10.8 Å². The summed E-state index contributed by atoms with van der Waals surface area (Å²) in [5.41, 5.74) is 0.412. The second-order valence-electron chi connectivity index (χ2n) is 2.29. The first kappa shape index (κ1) is 8.74. The number of hydrogen-bond donors (Lipinski definition) is 1. The van der Waals surface area contributed by atoms with Crippen LogP contribution in [0.4, 0.5) is 0 Å². The summed E-state index contributed by atoms with van der Waals surface area (Å²) in [6.45, 7) is 1.38. The van der Waals surface area contributed by atoms with E-state index in [0.29, 0.717) is 5.56 Å². The molecule has 1 N–H and O–H groups in total. The van der Waals surface area contributed by atoms with Gasteiger partial charge in [0.1, 0.15) is 0 Å². The topological polar surface area (TPSA) is 46.5 Å². The fourth-order valence-corrected chi connectivity index (χ4v) is 0.746. The molecule has 0 aliphatic rings. The number of benzene rings is 1. The van der Waals surface area contributed by atoms with Gasteiger partial charge in [-0.05, 0) is 25.1 Å². The summed E-state index contributed by atoms with van der Waals surface area (Å²) in [7, 11) is 0. The van der Waals surface area contributed by atoms with E-state index in [1.54, 1.807) is 24.3 Å². The molecule has 1 unspecified atom stereocenters. The SMILES string of the molecule is CC(O)OC(=O)c1cc[c]cc1. The minimum Gasteiger partial charge on any atom is -0.433 e. The third kappa shape index (κ3) is 2.36. The lowest BCUT2D eigenvalue weighted by atomic mass is 10.2. The summed E-state index contributed by atoms with van der Waals surface area (Å²) < 4.78 is 4.54. The minimum atomic E-state index is -1.07. The van der Waals surface area contributed by atoms with Crippen molar-refractivity contribution in [3.05, 3.63) is 35.9 Å². The molecule has 1 atom stereocenters. The van der Waals surface area contributed by atoms with Crippen LogP contribution in [0.2, 0.25) is 0 Å². The largest absolute Gasteiger partial charge is 0.433 e. The molecule has 0 aliphatic heterocycles. The summed E-state index contributed by atoms with van der Waals surface area (Å²) >= 11 is 0. The molecule has 3 nitrogen and oxygen atoms in total. The Kier molecular flexibility index (Phi) is 2.82. The number of rotatable bonds is 2. The molecule has 1 rings (SSSR count). The Morgan fingerprint density at radius 2 is 2.17 bits per heavy atom. The number of hydrogen-bond acceptors (Lipinski definition) is 3. The molecule has 0 bridgehead atoms. The highest BCUT2D eigenvalue weighted by atomic mass is 16.6. The predicted octanol–water partition coefficient (Wildman–Crippen LogP) is 0.982. The normalized spacial score (nSPS) is 12.2. The summed E-state index contributed by atoms with van der Waals surface area (Å²) in [4.78, 5) is 11.1. The van der Waals surface area contributed by atoms with Crippen molar-refractivity contribution >= 4 is 5.97 Å². The van der Waals surface area contributed by atoms with Crippen LogP contribution in [0.25, 0.3) is 0 Å². The van der Waals surface area contributed by atoms with E-state index in [0.717, 1.165) is 0 Å². The number of esters is 1. The summed E-state index contributed by atoms with van der Waals surface area (Å²) in [6.07, 6.45) is -1.07. The first-order valence-electron chi connectivity index (χ1n) is 3.55. The second-order valence-corrected chi connectivity index (χ2v) is 2.29. The van der Waals surface area contributed by atoms with Gasteiger partial charge < -0.3 is 9.84 Å². The molecule has 3 heteroatoms. The molecule has 0 aliphatic carbocycles. The van der Waals surface area contributed by atoms with Gasteiger partial charge in [0.15, 0.2) is 6.29 Å². The van der Waals surface area contributed by atoms with Crippen molar-refractivity contribution in [3.8, 4) is 0 Å². The molecule has 0 saturated carbocycles.